The molecule has 0 saturated heterocycles. The van der Waals surface area contributed by atoms with Crippen LogP contribution in [0.5, 0.6) is 0 Å². The number of rotatable bonds is 2. The number of hydrogen-bond donors (Lipinski definition) is 0. The third-order valence-electron chi connectivity index (χ3n) is 2.65. The molecule has 0 fully saturated rings. The highest BCUT2D eigenvalue weighted by Crippen LogP contribution is 2.20. The van der Waals surface area contributed by atoms with E-state index in [2.05, 4.69) is 15.9 Å². The smallest absolute Gasteiger partial charge is 0.302 e. The molecule has 1 aromatic heterocycles. The Hall–Kier alpha value is -0.960. The van der Waals surface area contributed by atoms with E-state index in [1.165, 1.54) is 16.8 Å². The van der Waals surface area contributed by atoms with Gasteiger partial charge in [-0.1, -0.05) is 12.1 Å². The molecule has 1 aromatic carbocycles. The Morgan fingerprint density at radius 1 is 1.37 bits per heavy atom. The predicted octanol–water partition coefficient (Wildman–Crippen LogP) is 2.10. The van der Waals surface area contributed by atoms with Gasteiger partial charge >= 0.3 is 5.69 Å². The SMILES string of the molecule is Cn1cc(I)c(=O)n(Cc2cccc(F)c2Br)c1=O. The minimum atomic E-state index is -0.429. The second-order valence-corrected chi connectivity index (χ2v) is 5.93. The number of benzene rings is 1. The van der Waals surface area contributed by atoms with Crippen LogP contribution < -0.4 is 11.2 Å². The minimum absolute atomic E-state index is 0.0285. The number of hydrogen-bond acceptors (Lipinski definition) is 2. The maximum absolute atomic E-state index is 13.4. The molecule has 2 rings (SSSR count). The van der Waals surface area contributed by atoms with Crippen molar-refractivity contribution in [2.75, 3.05) is 0 Å². The van der Waals surface area contributed by atoms with Crippen LogP contribution in [0, 0.1) is 9.39 Å². The van der Waals surface area contributed by atoms with Gasteiger partial charge in [0.25, 0.3) is 5.56 Å². The Morgan fingerprint density at radius 2 is 2.05 bits per heavy atom. The third-order valence-corrected chi connectivity index (χ3v) is 4.28. The van der Waals surface area contributed by atoms with Gasteiger partial charge in [0.15, 0.2) is 0 Å². The Bertz CT molecular complexity index is 720. The van der Waals surface area contributed by atoms with Crippen LogP contribution in [0.1, 0.15) is 5.56 Å². The predicted molar refractivity (Wildman–Crippen MR) is 81.9 cm³/mol. The van der Waals surface area contributed by atoms with Crippen LogP contribution in [-0.4, -0.2) is 9.13 Å². The van der Waals surface area contributed by atoms with Crippen molar-refractivity contribution < 1.29 is 4.39 Å². The summed E-state index contributed by atoms with van der Waals surface area (Å²) in [5, 5.41) is 0. The lowest BCUT2D eigenvalue weighted by Gasteiger charge is -2.09. The van der Waals surface area contributed by atoms with Crippen LogP contribution >= 0.6 is 38.5 Å². The molecule has 0 bridgehead atoms. The molecule has 4 nitrogen and oxygen atoms in total. The molecule has 0 radical (unpaired) electrons. The van der Waals surface area contributed by atoms with Crippen molar-refractivity contribution in [3.05, 3.63) is 64.7 Å². The Balaban J connectivity index is 2.59. The molecule has 1 heterocycles. The molecule has 7 heteroatoms. The average molecular weight is 439 g/mol. The zero-order valence-electron chi connectivity index (χ0n) is 9.86. The van der Waals surface area contributed by atoms with Crippen molar-refractivity contribution in [3.63, 3.8) is 0 Å². The van der Waals surface area contributed by atoms with Crippen molar-refractivity contribution in [2.45, 2.75) is 6.54 Å². The topological polar surface area (TPSA) is 44.0 Å². The van der Waals surface area contributed by atoms with Crippen molar-refractivity contribution in [3.8, 4) is 0 Å². The Morgan fingerprint density at radius 3 is 2.74 bits per heavy atom. The molecule has 0 aliphatic rings. The van der Waals surface area contributed by atoms with Gasteiger partial charge in [-0.2, -0.15) is 0 Å². The molecule has 0 amide bonds. The monoisotopic (exact) mass is 438 g/mol. The van der Waals surface area contributed by atoms with Gasteiger partial charge in [-0.3, -0.25) is 9.36 Å². The second kappa shape index (κ2) is 5.58. The first-order valence-corrected chi connectivity index (χ1v) is 7.18. The first-order chi connectivity index (χ1) is 8.91. The third kappa shape index (κ3) is 2.81. The lowest BCUT2D eigenvalue weighted by atomic mass is 10.2. The summed E-state index contributed by atoms with van der Waals surface area (Å²) >= 11 is 4.99. The second-order valence-electron chi connectivity index (χ2n) is 3.97. The van der Waals surface area contributed by atoms with E-state index in [0.717, 1.165) is 4.57 Å². The lowest BCUT2D eigenvalue weighted by Crippen LogP contribution is -2.40. The molecule has 2 aromatic rings. The van der Waals surface area contributed by atoms with Crippen molar-refractivity contribution in [2.24, 2.45) is 7.05 Å². The van der Waals surface area contributed by atoms with E-state index in [1.807, 2.05) is 22.6 Å². The zero-order chi connectivity index (χ0) is 14.2. The van der Waals surface area contributed by atoms with Crippen LogP contribution in [-0.2, 0) is 13.6 Å². The van der Waals surface area contributed by atoms with E-state index in [0.29, 0.717) is 9.13 Å². The quantitative estimate of drug-likeness (QED) is 0.674. The van der Waals surface area contributed by atoms with E-state index in [9.17, 15) is 14.0 Å². The summed E-state index contributed by atoms with van der Waals surface area (Å²) in [7, 11) is 1.57. The molecule has 100 valence electrons. The summed E-state index contributed by atoms with van der Waals surface area (Å²) in [6.07, 6.45) is 1.47. The molecule has 0 aliphatic carbocycles. The number of nitrogens with zero attached hydrogens (tertiary/aromatic N) is 2. The first kappa shape index (κ1) is 14.4. The molecular formula is C12H9BrFIN2O2. The van der Waals surface area contributed by atoms with Gasteiger partial charge in [0, 0.05) is 13.2 Å². The summed E-state index contributed by atoms with van der Waals surface area (Å²) in [6.45, 7) is 0.0285. The van der Waals surface area contributed by atoms with Crippen LogP contribution in [0.15, 0.2) is 38.5 Å². The lowest BCUT2D eigenvalue weighted by molar-refractivity contribution is 0.604. The maximum atomic E-state index is 13.4. The van der Waals surface area contributed by atoms with Gasteiger partial charge in [-0.25, -0.2) is 9.18 Å². The summed E-state index contributed by atoms with van der Waals surface area (Å²) in [6, 6.07) is 4.51. The molecule has 0 atom stereocenters. The summed E-state index contributed by atoms with van der Waals surface area (Å²) in [5.41, 5.74) is -0.261. The molecule has 0 N–H and O–H groups in total. The van der Waals surface area contributed by atoms with Gasteiger partial charge in [-0.05, 0) is 50.2 Å². The van der Waals surface area contributed by atoms with E-state index < -0.39 is 11.5 Å². The number of halogens is 3. The highest BCUT2D eigenvalue weighted by atomic mass is 127. The van der Waals surface area contributed by atoms with Crippen molar-refractivity contribution in [1.29, 1.82) is 0 Å². The molecule has 19 heavy (non-hydrogen) atoms. The van der Waals surface area contributed by atoms with Gasteiger partial charge in [0.05, 0.1) is 14.6 Å². The van der Waals surface area contributed by atoms with Gasteiger partial charge in [-0.15, -0.1) is 0 Å². The molecule has 0 saturated carbocycles. The first-order valence-electron chi connectivity index (χ1n) is 5.30. The number of aryl methyl sites for hydroxylation is 1. The maximum Gasteiger partial charge on any atom is 0.331 e. The summed E-state index contributed by atoms with van der Waals surface area (Å²) in [4.78, 5) is 23.9. The Labute approximate surface area is 130 Å². The Kier molecular flexibility index (Phi) is 4.24. The largest absolute Gasteiger partial charge is 0.331 e. The van der Waals surface area contributed by atoms with Gasteiger partial charge in [0.1, 0.15) is 5.82 Å². The average Bonchev–Trinajstić information content (AvgIpc) is 2.37. The fraction of sp³-hybridized carbons (Fsp3) is 0.167. The highest BCUT2D eigenvalue weighted by Gasteiger charge is 2.11. The fourth-order valence-electron chi connectivity index (χ4n) is 1.67. The van der Waals surface area contributed by atoms with Crippen molar-refractivity contribution >= 4 is 38.5 Å². The standard InChI is InChI=1S/C12H9BrFIN2O2/c1-16-6-9(15)11(18)17(12(16)19)5-7-3-2-4-8(14)10(7)13/h2-4,6H,5H2,1H3. The normalized spacial score (nSPS) is 10.7. The van der Waals surface area contributed by atoms with E-state index in [-0.39, 0.29) is 16.6 Å². The molecular weight excluding hydrogens is 430 g/mol. The molecule has 0 aliphatic heterocycles. The zero-order valence-corrected chi connectivity index (χ0v) is 13.6. The minimum Gasteiger partial charge on any atom is -0.302 e. The summed E-state index contributed by atoms with van der Waals surface area (Å²) in [5.74, 6) is -0.423. The summed E-state index contributed by atoms with van der Waals surface area (Å²) < 4.78 is 16.5. The van der Waals surface area contributed by atoms with E-state index >= 15 is 0 Å². The number of aromatic nitrogens is 2. The van der Waals surface area contributed by atoms with Gasteiger partial charge < -0.3 is 4.57 Å². The molecule has 0 unspecified atom stereocenters. The van der Waals surface area contributed by atoms with E-state index in [4.69, 9.17) is 0 Å². The fourth-order valence-corrected chi connectivity index (χ4v) is 2.77. The molecule has 0 spiro atoms. The van der Waals surface area contributed by atoms with Crippen LogP contribution in [0.4, 0.5) is 4.39 Å². The van der Waals surface area contributed by atoms with Crippen LogP contribution in [0.3, 0.4) is 0 Å². The van der Waals surface area contributed by atoms with Crippen molar-refractivity contribution in [1.82, 2.24) is 9.13 Å². The van der Waals surface area contributed by atoms with E-state index in [1.54, 1.807) is 19.2 Å². The highest BCUT2D eigenvalue weighted by molar-refractivity contribution is 14.1. The van der Waals surface area contributed by atoms with Crippen LogP contribution in [0.25, 0.3) is 0 Å². The van der Waals surface area contributed by atoms with Gasteiger partial charge in [0.2, 0.25) is 0 Å². The van der Waals surface area contributed by atoms with Crippen LogP contribution in [0.2, 0.25) is 0 Å².